The molecule has 0 aromatic heterocycles. The second-order valence-electron chi connectivity index (χ2n) is 4.55. The smallest absolute Gasteiger partial charge is 0.0428 e. The molecule has 1 aliphatic heterocycles. The Morgan fingerprint density at radius 2 is 1.93 bits per heavy atom. The minimum Gasteiger partial charge on any atom is -0.306 e. The molecule has 1 nitrogen and oxygen atoms in total. The summed E-state index contributed by atoms with van der Waals surface area (Å²) >= 11 is 2.00. The van der Waals surface area contributed by atoms with Crippen LogP contribution in [0.25, 0.3) is 0 Å². The van der Waals surface area contributed by atoms with Crippen LogP contribution >= 0.6 is 11.8 Å². The molecule has 1 fully saturated rings. The summed E-state index contributed by atoms with van der Waals surface area (Å²) in [6, 6.07) is 10.2. The highest BCUT2D eigenvalue weighted by Crippen LogP contribution is 2.38. The summed E-state index contributed by atoms with van der Waals surface area (Å²) in [6.45, 7) is 0. The number of fused-ring (bicyclic) bond motifs is 1. The van der Waals surface area contributed by atoms with Crippen molar-refractivity contribution in [3.63, 3.8) is 0 Å². The second-order valence-corrected chi connectivity index (χ2v) is 5.61. The minimum atomic E-state index is 0.606. The maximum atomic E-state index is 3.81. The number of hydrogen-bond acceptors (Lipinski definition) is 2. The first-order chi connectivity index (χ1) is 7.43. The van der Waals surface area contributed by atoms with Gasteiger partial charge in [-0.2, -0.15) is 0 Å². The van der Waals surface area contributed by atoms with Gasteiger partial charge in [0.2, 0.25) is 0 Å². The Kier molecular flexibility index (Phi) is 2.72. The molecular weight excluding hydrogens is 202 g/mol. The molecule has 2 heteroatoms. The van der Waals surface area contributed by atoms with Gasteiger partial charge in [0, 0.05) is 22.7 Å². The van der Waals surface area contributed by atoms with E-state index in [4.69, 9.17) is 0 Å². The first-order valence-electron chi connectivity index (χ1n) is 5.91. The molecule has 15 heavy (non-hydrogen) atoms. The molecule has 0 spiro atoms. The third-order valence-electron chi connectivity index (χ3n) is 3.49. The van der Waals surface area contributed by atoms with Crippen LogP contribution in [0.1, 0.15) is 37.3 Å². The fourth-order valence-corrected chi connectivity index (χ4v) is 3.85. The molecule has 1 atom stereocenters. The van der Waals surface area contributed by atoms with E-state index in [2.05, 4.69) is 29.6 Å². The third kappa shape index (κ3) is 1.93. The van der Waals surface area contributed by atoms with E-state index < -0.39 is 0 Å². The average Bonchev–Trinajstić information content (AvgIpc) is 2.89. The van der Waals surface area contributed by atoms with Crippen LogP contribution in [0.2, 0.25) is 0 Å². The molecule has 0 saturated heterocycles. The van der Waals surface area contributed by atoms with Gasteiger partial charge in [-0.05, 0) is 24.5 Å². The number of benzene rings is 1. The molecule has 0 radical (unpaired) electrons. The van der Waals surface area contributed by atoms with Gasteiger partial charge in [-0.3, -0.25) is 0 Å². The van der Waals surface area contributed by atoms with Crippen LogP contribution in [0.15, 0.2) is 29.2 Å². The Morgan fingerprint density at radius 3 is 2.80 bits per heavy atom. The fraction of sp³-hybridized carbons (Fsp3) is 0.538. The lowest BCUT2D eigenvalue weighted by atomic mass is 10.1. The number of nitrogens with one attached hydrogen (secondary N) is 1. The largest absolute Gasteiger partial charge is 0.306 e. The van der Waals surface area contributed by atoms with Crippen LogP contribution in [0.5, 0.6) is 0 Å². The zero-order valence-corrected chi connectivity index (χ0v) is 9.72. The van der Waals surface area contributed by atoms with E-state index in [0.29, 0.717) is 6.04 Å². The van der Waals surface area contributed by atoms with Crippen molar-refractivity contribution in [3.8, 4) is 0 Å². The second kappa shape index (κ2) is 4.18. The van der Waals surface area contributed by atoms with Crippen molar-refractivity contribution >= 4 is 11.8 Å². The van der Waals surface area contributed by atoms with Crippen molar-refractivity contribution in [3.05, 3.63) is 29.8 Å². The minimum absolute atomic E-state index is 0.606. The van der Waals surface area contributed by atoms with Crippen molar-refractivity contribution in [1.29, 1.82) is 0 Å². The lowest BCUT2D eigenvalue weighted by Gasteiger charge is -2.18. The van der Waals surface area contributed by atoms with Gasteiger partial charge in [0.1, 0.15) is 0 Å². The molecule has 1 aromatic rings. The van der Waals surface area contributed by atoms with E-state index in [0.717, 1.165) is 6.04 Å². The van der Waals surface area contributed by atoms with Crippen LogP contribution in [-0.2, 0) is 0 Å². The molecule has 1 saturated carbocycles. The predicted octanol–water partition coefficient (Wildman–Crippen LogP) is 3.37. The molecule has 1 heterocycles. The van der Waals surface area contributed by atoms with E-state index in [1.807, 2.05) is 11.8 Å². The normalized spacial score (nSPS) is 25.7. The van der Waals surface area contributed by atoms with Crippen LogP contribution in [0, 0.1) is 0 Å². The van der Waals surface area contributed by atoms with E-state index in [1.165, 1.54) is 41.9 Å². The molecule has 2 aliphatic rings. The summed E-state index contributed by atoms with van der Waals surface area (Å²) in [7, 11) is 0. The third-order valence-corrected chi connectivity index (χ3v) is 4.67. The molecule has 1 aromatic carbocycles. The first-order valence-corrected chi connectivity index (χ1v) is 6.90. The average molecular weight is 219 g/mol. The highest BCUT2D eigenvalue weighted by atomic mass is 32.2. The lowest BCUT2D eigenvalue weighted by molar-refractivity contribution is 0.466. The Bertz CT molecular complexity index is 344. The summed E-state index contributed by atoms with van der Waals surface area (Å²) < 4.78 is 0. The van der Waals surface area contributed by atoms with Gasteiger partial charge >= 0.3 is 0 Å². The van der Waals surface area contributed by atoms with Crippen LogP contribution < -0.4 is 5.32 Å². The number of hydrogen-bond donors (Lipinski definition) is 1. The molecule has 3 rings (SSSR count). The van der Waals surface area contributed by atoms with Crippen LogP contribution in [-0.4, -0.2) is 11.8 Å². The maximum absolute atomic E-state index is 3.81. The monoisotopic (exact) mass is 219 g/mol. The van der Waals surface area contributed by atoms with Crippen LogP contribution in [0.3, 0.4) is 0 Å². The van der Waals surface area contributed by atoms with Crippen molar-refractivity contribution < 1.29 is 0 Å². The van der Waals surface area contributed by atoms with Crippen molar-refractivity contribution in [2.45, 2.75) is 42.7 Å². The maximum Gasteiger partial charge on any atom is 0.0428 e. The van der Waals surface area contributed by atoms with Gasteiger partial charge < -0.3 is 5.32 Å². The Hall–Kier alpha value is -0.470. The Labute approximate surface area is 95.6 Å². The Morgan fingerprint density at radius 1 is 1.13 bits per heavy atom. The van der Waals surface area contributed by atoms with Gasteiger partial charge in [-0.1, -0.05) is 31.0 Å². The van der Waals surface area contributed by atoms with Crippen molar-refractivity contribution in [2.24, 2.45) is 0 Å². The Balaban J connectivity index is 1.73. The zero-order chi connectivity index (χ0) is 10.1. The molecule has 0 amide bonds. The summed E-state index contributed by atoms with van der Waals surface area (Å²) in [5.41, 5.74) is 1.52. The fourth-order valence-electron chi connectivity index (χ4n) is 2.68. The van der Waals surface area contributed by atoms with Crippen LogP contribution in [0.4, 0.5) is 0 Å². The number of thioether (sulfide) groups is 1. The SMILES string of the molecule is c1ccc2c(c1)SCC2NC1CCCC1. The van der Waals surface area contributed by atoms with Gasteiger partial charge in [0.05, 0.1) is 0 Å². The summed E-state index contributed by atoms with van der Waals surface area (Å²) in [5, 5.41) is 3.81. The topological polar surface area (TPSA) is 12.0 Å². The lowest BCUT2D eigenvalue weighted by Crippen LogP contribution is -2.30. The number of rotatable bonds is 2. The van der Waals surface area contributed by atoms with E-state index >= 15 is 0 Å². The molecule has 1 N–H and O–H groups in total. The first kappa shape index (κ1) is 9.73. The van der Waals surface area contributed by atoms with Gasteiger partial charge in [-0.15, -0.1) is 11.8 Å². The van der Waals surface area contributed by atoms with E-state index in [-0.39, 0.29) is 0 Å². The summed E-state index contributed by atoms with van der Waals surface area (Å²) in [4.78, 5) is 1.48. The van der Waals surface area contributed by atoms with Crippen molar-refractivity contribution in [2.75, 3.05) is 5.75 Å². The van der Waals surface area contributed by atoms with Gasteiger partial charge in [-0.25, -0.2) is 0 Å². The van der Waals surface area contributed by atoms with E-state index in [1.54, 1.807) is 0 Å². The van der Waals surface area contributed by atoms with Gasteiger partial charge in [0.15, 0.2) is 0 Å². The standard InChI is InChI=1S/C13H17NS/c1-2-6-10(5-1)14-12-9-15-13-8-4-3-7-11(12)13/h3-4,7-8,10,12,14H,1-2,5-6,9H2. The zero-order valence-electron chi connectivity index (χ0n) is 8.91. The highest BCUT2D eigenvalue weighted by molar-refractivity contribution is 7.99. The summed E-state index contributed by atoms with van der Waals surface area (Å²) in [5.74, 6) is 1.22. The van der Waals surface area contributed by atoms with E-state index in [9.17, 15) is 0 Å². The predicted molar refractivity (Wildman–Crippen MR) is 65.3 cm³/mol. The van der Waals surface area contributed by atoms with Gasteiger partial charge in [0.25, 0.3) is 0 Å². The molecular formula is C13H17NS. The molecule has 80 valence electrons. The quantitative estimate of drug-likeness (QED) is 0.818. The molecule has 1 aliphatic carbocycles. The van der Waals surface area contributed by atoms with Crippen molar-refractivity contribution in [1.82, 2.24) is 5.32 Å². The highest BCUT2D eigenvalue weighted by Gasteiger charge is 2.25. The molecule has 1 unspecified atom stereocenters. The summed E-state index contributed by atoms with van der Waals surface area (Å²) in [6.07, 6.45) is 5.59. The molecule has 0 bridgehead atoms.